The van der Waals surface area contributed by atoms with Gasteiger partial charge in [0.1, 0.15) is 0 Å². The molecule has 0 heterocycles. The van der Waals surface area contributed by atoms with Gasteiger partial charge in [-0.15, -0.1) is 0 Å². The van der Waals surface area contributed by atoms with Gasteiger partial charge in [-0.2, -0.15) is 0 Å². The second kappa shape index (κ2) is 17.5. The first-order valence-corrected chi connectivity index (χ1v) is 9.08. The second-order valence-corrected chi connectivity index (χ2v) is 6.03. The molecule has 0 amide bonds. The Morgan fingerprint density at radius 3 is 1.86 bits per heavy atom. The molecule has 0 saturated heterocycles. The highest BCUT2D eigenvalue weighted by Crippen LogP contribution is 2.10. The summed E-state index contributed by atoms with van der Waals surface area (Å²) in [6, 6.07) is 0. The maximum absolute atomic E-state index is 9.04. The van der Waals surface area contributed by atoms with Gasteiger partial charge in [-0.1, -0.05) is 76.2 Å². The van der Waals surface area contributed by atoms with Crippen molar-refractivity contribution in [3.05, 3.63) is 31.2 Å². The number of aliphatic hydroxyl groups is 1. The van der Waals surface area contributed by atoms with Gasteiger partial charge in [-0.25, -0.2) is 0 Å². The predicted molar refractivity (Wildman–Crippen MR) is 95.3 cm³/mol. The van der Waals surface area contributed by atoms with Gasteiger partial charge < -0.3 is 5.11 Å². The zero-order valence-electron chi connectivity index (χ0n) is 14.2. The van der Waals surface area contributed by atoms with Crippen molar-refractivity contribution < 1.29 is 5.11 Å². The van der Waals surface area contributed by atoms with Crippen molar-refractivity contribution in [2.24, 2.45) is 0 Å². The molecule has 1 atom stereocenters. The number of hydrogen-bond acceptors (Lipinski definition) is 1. The maximum Gasteiger partial charge on any atom is 0.0541 e. The summed E-state index contributed by atoms with van der Waals surface area (Å²) in [4.78, 5) is 0. The predicted octanol–water partition coefficient (Wildman–Crippen LogP) is 6.38. The Labute approximate surface area is 133 Å². The summed E-state index contributed by atoms with van der Waals surface area (Å²) in [6.45, 7) is 5.84. The normalized spacial score (nSPS) is 13.5. The van der Waals surface area contributed by atoms with Crippen LogP contribution in [-0.4, -0.2) is 11.2 Å². The molecule has 0 saturated carbocycles. The average Bonchev–Trinajstić information content (AvgIpc) is 2.46. The molecular weight excluding hydrogens is 256 g/mol. The minimum absolute atomic E-state index is 0.365. The molecule has 21 heavy (non-hydrogen) atoms. The van der Waals surface area contributed by atoms with Crippen LogP contribution < -0.4 is 0 Å². The Balaban J connectivity index is 3.15. The van der Waals surface area contributed by atoms with Crippen molar-refractivity contribution >= 4 is 0 Å². The molecule has 0 aliphatic rings. The summed E-state index contributed by atoms with van der Waals surface area (Å²) in [5.74, 6) is 0. The fraction of sp³-hybridized carbons (Fsp3) is 0.750. The second-order valence-electron chi connectivity index (χ2n) is 6.03. The van der Waals surface area contributed by atoms with E-state index in [0.29, 0.717) is 0 Å². The molecule has 0 spiro atoms. The molecule has 0 aromatic carbocycles. The van der Waals surface area contributed by atoms with Gasteiger partial charge in [0.2, 0.25) is 0 Å². The van der Waals surface area contributed by atoms with Gasteiger partial charge in [0, 0.05) is 0 Å². The van der Waals surface area contributed by atoms with E-state index < -0.39 is 0 Å². The lowest BCUT2D eigenvalue weighted by Crippen LogP contribution is -1.98. The van der Waals surface area contributed by atoms with Crippen LogP contribution in [0.3, 0.4) is 0 Å². The van der Waals surface area contributed by atoms with E-state index in [2.05, 4.69) is 38.2 Å². The minimum atomic E-state index is -0.365. The molecule has 1 N–H and O–H groups in total. The molecule has 1 radical (unpaired) electrons. The van der Waals surface area contributed by atoms with Gasteiger partial charge in [-0.3, -0.25) is 0 Å². The van der Waals surface area contributed by atoms with Crippen LogP contribution in [0.1, 0.15) is 90.4 Å². The van der Waals surface area contributed by atoms with Crippen LogP contribution in [0.15, 0.2) is 24.3 Å². The lowest BCUT2D eigenvalue weighted by molar-refractivity contribution is 0.205. The van der Waals surface area contributed by atoms with Crippen molar-refractivity contribution in [1.29, 1.82) is 0 Å². The molecule has 1 nitrogen and oxygen atoms in total. The van der Waals surface area contributed by atoms with Crippen molar-refractivity contribution in [1.82, 2.24) is 0 Å². The van der Waals surface area contributed by atoms with Gasteiger partial charge >= 0.3 is 0 Å². The highest BCUT2D eigenvalue weighted by atomic mass is 16.3. The first-order valence-electron chi connectivity index (χ1n) is 9.08. The third-order valence-corrected chi connectivity index (χ3v) is 3.74. The van der Waals surface area contributed by atoms with E-state index in [0.717, 1.165) is 19.3 Å². The van der Waals surface area contributed by atoms with Crippen LogP contribution in [-0.2, 0) is 0 Å². The summed E-state index contributed by atoms with van der Waals surface area (Å²) in [5, 5.41) is 9.04. The van der Waals surface area contributed by atoms with Crippen LogP contribution in [0.25, 0.3) is 0 Å². The molecule has 1 unspecified atom stereocenters. The Bertz CT molecular complexity index is 240. The molecule has 0 aliphatic heterocycles. The summed E-state index contributed by atoms with van der Waals surface area (Å²) in [7, 11) is 0. The molecule has 0 aromatic rings. The average molecular weight is 294 g/mol. The van der Waals surface area contributed by atoms with Gasteiger partial charge in [0.05, 0.1) is 6.10 Å². The quantitative estimate of drug-likeness (QED) is 0.274. The SMILES string of the molecule is [CH2]C(O)CCCCCCCC/C=C\C/C=C\CCCCC. The van der Waals surface area contributed by atoms with E-state index in [4.69, 9.17) is 5.11 Å². The Hall–Kier alpha value is -0.560. The first-order chi connectivity index (χ1) is 10.3. The molecule has 0 aromatic heterocycles. The van der Waals surface area contributed by atoms with Crippen LogP contribution in [0.2, 0.25) is 0 Å². The Kier molecular flexibility index (Phi) is 17.0. The molecule has 0 bridgehead atoms. The molecular formula is C20H37O. The molecule has 1 heteroatoms. The number of aliphatic hydroxyl groups excluding tert-OH is 1. The standard InChI is InChI=1S/C20H37O/c1-3-4-5-6-7-8-9-10-11-12-13-14-15-16-17-18-19-20(2)21/h7-8,10-11,20-21H,2-6,9,12-19H2,1H3/b8-7-,11-10-. The fourth-order valence-electron chi connectivity index (χ4n) is 2.37. The molecule has 0 aliphatic carbocycles. The van der Waals surface area contributed by atoms with Gasteiger partial charge in [0.25, 0.3) is 0 Å². The van der Waals surface area contributed by atoms with Crippen molar-refractivity contribution in [2.75, 3.05) is 0 Å². The Morgan fingerprint density at radius 2 is 1.29 bits per heavy atom. The summed E-state index contributed by atoms with van der Waals surface area (Å²) in [6.07, 6.45) is 25.0. The van der Waals surface area contributed by atoms with Crippen LogP contribution in [0, 0.1) is 6.92 Å². The van der Waals surface area contributed by atoms with E-state index in [1.54, 1.807) is 0 Å². The highest BCUT2D eigenvalue weighted by molar-refractivity contribution is 4.92. The van der Waals surface area contributed by atoms with E-state index in [1.807, 2.05) is 0 Å². The molecule has 123 valence electrons. The van der Waals surface area contributed by atoms with Crippen LogP contribution in [0.5, 0.6) is 0 Å². The topological polar surface area (TPSA) is 20.2 Å². The number of allylic oxidation sites excluding steroid dienone is 4. The highest BCUT2D eigenvalue weighted by Gasteiger charge is 1.95. The first kappa shape index (κ1) is 20.4. The molecule has 0 fully saturated rings. The van der Waals surface area contributed by atoms with Crippen molar-refractivity contribution in [3.63, 3.8) is 0 Å². The number of unbranched alkanes of at least 4 members (excludes halogenated alkanes) is 9. The van der Waals surface area contributed by atoms with Crippen molar-refractivity contribution in [3.8, 4) is 0 Å². The largest absolute Gasteiger partial charge is 0.393 e. The van der Waals surface area contributed by atoms with E-state index in [9.17, 15) is 0 Å². The van der Waals surface area contributed by atoms with E-state index in [1.165, 1.54) is 64.2 Å². The lowest BCUT2D eigenvalue weighted by Gasteiger charge is -2.03. The van der Waals surface area contributed by atoms with Crippen LogP contribution >= 0.6 is 0 Å². The number of rotatable bonds is 15. The summed E-state index contributed by atoms with van der Waals surface area (Å²) < 4.78 is 0. The van der Waals surface area contributed by atoms with Crippen LogP contribution in [0.4, 0.5) is 0 Å². The summed E-state index contributed by atoms with van der Waals surface area (Å²) >= 11 is 0. The van der Waals surface area contributed by atoms with Gasteiger partial charge in [0.15, 0.2) is 0 Å². The zero-order chi connectivity index (χ0) is 15.6. The van der Waals surface area contributed by atoms with Gasteiger partial charge in [-0.05, 0) is 45.4 Å². The fourth-order valence-corrected chi connectivity index (χ4v) is 2.37. The maximum atomic E-state index is 9.04. The minimum Gasteiger partial charge on any atom is -0.393 e. The van der Waals surface area contributed by atoms with Crippen molar-refractivity contribution in [2.45, 2.75) is 96.5 Å². The summed E-state index contributed by atoms with van der Waals surface area (Å²) in [5.41, 5.74) is 0. The smallest absolute Gasteiger partial charge is 0.0541 e. The number of hydrogen-bond donors (Lipinski definition) is 1. The van der Waals surface area contributed by atoms with E-state index in [-0.39, 0.29) is 6.10 Å². The molecule has 0 rings (SSSR count). The zero-order valence-corrected chi connectivity index (χ0v) is 14.2. The monoisotopic (exact) mass is 293 g/mol. The van der Waals surface area contributed by atoms with E-state index >= 15 is 0 Å². The lowest BCUT2D eigenvalue weighted by atomic mass is 10.1. The Morgan fingerprint density at radius 1 is 0.762 bits per heavy atom. The third-order valence-electron chi connectivity index (χ3n) is 3.74. The third kappa shape index (κ3) is 19.4.